The van der Waals surface area contributed by atoms with Crippen LogP contribution in [0.5, 0.6) is 0 Å². The fourth-order valence-corrected chi connectivity index (χ4v) is 4.99. The van der Waals surface area contributed by atoms with Crippen LogP contribution in [0.3, 0.4) is 0 Å². The molecule has 0 N–H and O–H groups in total. The fraction of sp³-hybridized carbons (Fsp3) is 0.588. The van der Waals surface area contributed by atoms with Gasteiger partial charge >= 0.3 is 0 Å². The number of aromatic nitrogens is 3. The molecule has 7 heteroatoms. The first-order valence-electron chi connectivity index (χ1n) is 8.44. The molecule has 2 aromatic rings. The van der Waals surface area contributed by atoms with Crippen molar-refractivity contribution in [2.24, 2.45) is 7.05 Å². The number of likely N-dealkylation sites (N-methyl/N-ethyl adjacent to an activating group) is 1. The maximum atomic E-state index is 12.5. The molecule has 0 saturated carbocycles. The third kappa shape index (κ3) is 2.56. The fourth-order valence-electron chi connectivity index (χ4n) is 4.34. The summed E-state index contributed by atoms with van der Waals surface area (Å²) in [6.45, 7) is 2.94. The van der Waals surface area contributed by atoms with Crippen molar-refractivity contribution in [2.75, 3.05) is 20.1 Å². The highest BCUT2D eigenvalue weighted by molar-refractivity contribution is 7.09. The molecule has 2 aliphatic rings. The maximum absolute atomic E-state index is 12.5. The monoisotopic (exact) mass is 345 g/mol. The van der Waals surface area contributed by atoms with Crippen LogP contribution in [0.4, 0.5) is 0 Å². The van der Waals surface area contributed by atoms with Crippen LogP contribution in [0.2, 0.25) is 0 Å². The van der Waals surface area contributed by atoms with Crippen LogP contribution >= 0.6 is 11.3 Å². The summed E-state index contributed by atoms with van der Waals surface area (Å²) in [7, 11) is 3.92. The Morgan fingerprint density at radius 3 is 2.75 bits per heavy atom. The third-order valence-electron chi connectivity index (χ3n) is 5.76. The van der Waals surface area contributed by atoms with Gasteiger partial charge in [-0.1, -0.05) is 0 Å². The lowest BCUT2D eigenvalue weighted by Crippen LogP contribution is -2.53. The van der Waals surface area contributed by atoms with Crippen molar-refractivity contribution in [1.82, 2.24) is 24.6 Å². The highest BCUT2D eigenvalue weighted by Crippen LogP contribution is 2.48. The van der Waals surface area contributed by atoms with Gasteiger partial charge in [0.15, 0.2) is 0 Å². The number of piperidine rings is 1. The lowest BCUT2D eigenvalue weighted by Gasteiger charge is -2.46. The number of carbonyl (C=O) groups excluding carboxylic acids is 1. The van der Waals surface area contributed by atoms with Gasteiger partial charge in [0.2, 0.25) is 5.91 Å². The van der Waals surface area contributed by atoms with Crippen LogP contribution in [0.1, 0.15) is 35.8 Å². The van der Waals surface area contributed by atoms with Crippen LogP contribution in [-0.2, 0) is 18.4 Å². The zero-order valence-corrected chi connectivity index (χ0v) is 15.0. The molecular weight excluding hydrogens is 322 g/mol. The summed E-state index contributed by atoms with van der Waals surface area (Å²) in [6.07, 6.45) is 8.50. The summed E-state index contributed by atoms with van der Waals surface area (Å²) in [5.74, 6) is 0.517. The SMILES string of the molecule is CN1C(=O)C[C@H](c2cnn(C)c2)C12CCN(Cc1nccs1)CC2. The highest BCUT2D eigenvalue weighted by Gasteiger charge is 2.52. The van der Waals surface area contributed by atoms with E-state index in [4.69, 9.17) is 0 Å². The van der Waals surface area contributed by atoms with E-state index in [2.05, 4.69) is 21.2 Å². The Labute approximate surface area is 146 Å². The van der Waals surface area contributed by atoms with Crippen LogP contribution in [0, 0.1) is 0 Å². The minimum absolute atomic E-state index is 0.0561. The van der Waals surface area contributed by atoms with Gasteiger partial charge in [-0.25, -0.2) is 4.98 Å². The van der Waals surface area contributed by atoms with Gasteiger partial charge < -0.3 is 4.90 Å². The largest absolute Gasteiger partial charge is 0.339 e. The second kappa shape index (κ2) is 5.97. The number of rotatable bonds is 3. The summed E-state index contributed by atoms with van der Waals surface area (Å²) in [5, 5.41) is 7.53. The van der Waals surface area contributed by atoms with Crippen LogP contribution in [0.25, 0.3) is 0 Å². The van der Waals surface area contributed by atoms with E-state index < -0.39 is 0 Å². The average Bonchev–Trinajstić information content (AvgIpc) is 3.28. The summed E-state index contributed by atoms with van der Waals surface area (Å²) in [5.41, 5.74) is 1.14. The number of nitrogens with zero attached hydrogens (tertiary/aromatic N) is 5. The molecule has 0 unspecified atom stereocenters. The van der Waals surface area contributed by atoms with E-state index in [1.54, 1.807) is 11.3 Å². The van der Waals surface area contributed by atoms with E-state index in [0.29, 0.717) is 6.42 Å². The normalized spacial score (nSPS) is 24.2. The number of likely N-dealkylation sites (tertiary alicyclic amines) is 2. The Hall–Kier alpha value is -1.73. The van der Waals surface area contributed by atoms with Crippen molar-refractivity contribution in [2.45, 2.75) is 37.3 Å². The number of carbonyl (C=O) groups is 1. The number of amides is 1. The average molecular weight is 345 g/mol. The first-order valence-corrected chi connectivity index (χ1v) is 9.32. The number of hydrogen-bond acceptors (Lipinski definition) is 5. The lowest BCUT2D eigenvalue weighted by molar-refractivity contribution is -0.130. The van der Waals surface area contributed by atoms with E-state index in [0.717, 1.165) is 32.5 Å². The van der Waals surface area contributed by atoms with E-state index in [9.17, 15) is 4.79 Å². The van der Waals surface area contributed by atoms with Gasteiger partial charge in [0.1, 0.15) is 5.01 Å². The second-order valence-corrected chi connectivity index (χ2v) is 7.94. The molecule has 1 amide bonds. The Kier molecular flexibility index (Phi) is 3.92. The van der Waals surface area contributed by atoms with Gasteiger partial charge in [-0.05, 0) is 18.4 Å². The Morgan fingerprint density at radius 1 is 1.33 bits per heavy atom. The molecule has 1 spiro atoms. The molecular formula is C17H23N5OS. The van der Waals surface area contributed by atoms with Gasteiger partial charge in [-0.15, -0.1) is 11.3 Å². The maximum Gasteiger partial charge on any atom is 0.223 e. The molecule has 0 bridgehead atoms. The first kappa shape index (κ1) is 15.8. The molecule has 24 heavy (non-hydrogen) atoms. The Bertz CT molecular complexity index is 717. The quantitative estimate of drug-likeness (QED) is 0.852. The molecule has 128 valence electrons. The molecule has 0 aliphatic carbocycles. The summed E-state index contributed by atoms with van der Waals surface area (Å²) in [6, 6.07) is 0. The zero-order chi connectivity index (χ0) is 16.7. The number of hydrogen-bond donors (Lipinski definition) is 0. The predicted octanol–water partition coefficient (Wildman–Crippen LogP) is 1.86. The second-order valence-electron chi connectivity index (χ2n) is 6.96. The van der Waals surface area contributed by atoms with Gasteiger partial charge in [0, 0.05) is 57.3 Å². The smallest absolute Gasteiger partial charge is 0.223 e. The van der Waals surface area contributed by atoms with Gasteiger partial charge in [-0.3, -0.25) is 14.4 Å². The van der Waals surface area contributed by atoms with Crippen LogP contribution in [0.15, 0.2) is 24.0 Å². The van der Waals surface area contributed by atoms with Crippen molar-refractivity contribution in [3.63, 3.8) is 0 Å². The van der Waals surface area contributed by atoms with Gasteiger partial charge in [0.05, 0.1) is 18.3 Å². The predicted molar refractivity (Wildman–Crippen MR) is 92.7 cm³/mol. The zero-order valence-electron chi connectivity index (χ0n) is 14.2. The molecule has 0 aromatic carbocycles. The van der Waals surface area contributed by atoms with Gasteiger partial charge in [-0.2, -0.15) is 5.10 Å². The highest BCUT2D eigenvalue weighted by atomic mass is 32.1. The molecule has 6 nitrogen and oxygen atoms in total. The van der Waals surface area contributed by atoms with Crippen molar-refractivity contribution in [3.05, 3.63) is 34.5 Å². The van der Waals surface area contributed by atoms with E-state index in [1.165, 1.54) is 10.6 Å². The van der Waals surface area contributed by atoms with Crippen molar-refractivity contribution in [3.8, 4) is 0 Å². The Balaban J connectivity index is 1.53. The summed E-state index contributed by atoms with van der Waals surface area (Å²) in [4.78, 5) is 21.3. The van der Waals surface area contributed by atoms with Crippen molar-refractivity contribution < 1.29 is 4.79 Å². The number of aryl methyl sites for hydroxylation is 1. The van der Waals surface area contributed by atoms with Gasteiger partial charge in [0.25, 0.3) is 0 Å². The third-order valence-corrected chi connectivity index (χ3v) is 6.53. The lowest BCUT2D eigenvalue weighted by atomic mass is 9.74. The topological polar surface area (TPSA) is 54.3 Å². The molecule has 2 aromatic heterocycles. The van der Waals surface area contributed by atoms with Crippen LogP contribution < -0.4 is 0 Å². The number of thiazole rings is 1. The molecule has 2 aliphatic heterocycles. The van der Waals surface area contributed by atoms with Crippen molar-refractivity contribution in [1.29, 1.82) is 0 Å². The van der Waals surface area contributed by atoms with Crippen LogP contribution in [-0.4, -0.2) is 56.1 Å². The van der Waals surface area contributed by atoms with Crippen molar-refractivity contribution >= 4 is 17.2 Å². The molecule has 2 saturated heterocycles. The Morgan fingerprint density at radius 2 is 2.12 bits per heavy atom. The summed E-state index contributed by atoms with van der Waals surface area (Å²) >= 11 is 1.71. The molecule has 2 fully saturated rings. The summed E-state index contributed by atoms with van der Waals surface area (Å²) < 4.78 is 1.84. The minimum atomic E-state index is -0.0561. The molecule has 4 rings (SSSR count). The van der Waals surface area contributed by atoms with E-state index in [-0.39, 0.29) is 17.4 Å². The standard InChI is InChI=1S/C17H23N5OS/c1-20-11-13(10-19-20)14-9-16(23)21(2)17(14)3-6-22(7-4-17)12-15-18-5-8-24-15/h5,8,10-11,14H,3-4,6-7,9,12H2,1-2H3/t14-/m1/s1. The first-order chi connectivity index (χ1) is 11.6. The van der Waals surface area contributed by atoms with E-state index >= 15 is 0 Å². The minimum Gasteiger partial charge on any atom is -0.339 e. The molecule has 1 atom stereocenters. The molecule has 4 heterocycles. The van der Waals surface area contributed by atoms with E-state index in [1.807, 2.05) is 41.5 Å². The molecule has 0 radical (unpaired) electrons.